The van der Waals surface area contributed by atoms with Gasteiger partial charge in [0, 0.05) is 64.0 Å². The Hall–Kier alpha value is -6.38. The summed E-state index contributed by atoms with van der Waals surface area (Å²) in [6.45, 7) is 8.64. The van der Waals surface area contributed by atoms with Gasteiger partial charge in [0.1, 0.15) is 28.8 Å². The van der Waals surface area contributed by atoms with Crippen LogP contribution in [0.1, 0.15) is 45.1 Å². The molecule has 0 bridgehead atoms. The second kappa shape index (κ2) is 20.1. The number of ether oxygens (including phenoxy) is 2. The maximum Gasteiger partial charge on any atom is 0.246 e. The highest BCUT2D eigenvalue weighted by molar-refractivity contribution is 6.31. The van der Waals surface area contributed by atoms with E-state index in [-0.39, 0.29) is 12.1 Å². The number of anilines is 2. The summed E-state index contributed by atoms with van der Waals surface area (Å²) in [7, 11) is 0. The lowest BCUT2D eigenvalue weighted by molar-refractivity contribution is 0.196. The van der Waals surface area contributed by atoms with Gasteiger partial charge in [-0.25, -0.2) is 38.7 Å². The minimum Gasteiger partial charge on any atom is -0.492 e. The standard InChI is InChI=1S/C53H51Cl2F2N9O2/c1-3-67-47-29-34(30-48(68-4-2)51(47)64-25-9-10-26-64)33-63-27-21-38(22-28-63)66(53-60-46-18-16-36(55)32-42(46)50(62-53)40-12-6-8-14-44(40)57)65(37-19-23-58-24-20-37)52-59-45-17-15-35(54)31-41(45)49(61-52)39-11-5-7-13-43(39)56/h5-18,25-26,29-32,37-38,58H,3-4,19-24,27-28,33H2,1-2H3. The average Bonchev–Trinajstić information content (AvgIpc) is 3.89. The molecule has 0 unspecified atom stereocenters. The SMILES string of the molecule is CCOc1cc(CN2CCC(N(c3nc(-c4ccccc4F)c4cc(Cl)ccc4n3)N(c3nc(-c4ccccc4F)c4cc(Cl)ccc4n3)C3CCNCC3)CC2)cc(OCC)c1-n1cccc1. The van der Waals surface area contributed by atoms with Crippen molar-refractivity contribution in [2.75, 3.05) is 49.4 Å². The zero-order chi connectivity index (χ0) is 46.7. The van der Waals surface area contributed by atoms with E-state index in [1.807, 2.05) is 55.1 Å². The number of benzene rings is 5. The molecule has 0 aliphatic carbocycles. The van der Waals surface area contributed by atoms with Gasteiger partial charge < -0.3 is 19.4 Å². The summed E-state index contributed by atoms with van der Waals surface area (Å²) < 4.78 is 46.4. The molecule has 5 aromatic carbocycles. The van der Waals surface area contributed by atoms with E-state index >= 15 is 8.78 Å². The van der Waals surface area contributed by atoms with Crippen molar-refractivity contribution >= 4 is 56.9 Å². The molecule has 8 aromatic rings. The Morgan fingerprint density at radius 1 is 0.618 bits per heavy atom. The fourth-order valence-corrected chi connectivity index (χ4v) is 9.94. The first-order valence-corrected chi connectivity index (χ1v) is 24.0. The first kappa shape index (κ1) is 45.4. The highest BCUT2D eigenvalue weighted by atomic mass is 35.5. The van der Waals surface area contributed by atoms with E-state index in [0.29, 0.717) is 98.9 Å². The van der Waals surface area contributed by atoms with Crippen LogP contribution < -0.4 is 24.8 Å². The van der Waals surface area contributed by atoms with Crippen LogP contribution in [0.4, 0.5) is 20.7 Å². The molecule has 0 atom stereocenters. The van der Waals surface area contributed by atoms with Crippen molar-refractivity contribution in [3.8, 4) is 39.7 Å². The molecule has 1 N–H and O–H groups in total. The van der Waals surface area contributed by atoms with Crippen LogP contribution in [0.5, 0.6) is 11.5 Å². The quantitative estimate of drug-likeness (QED) is 0.106. The maximum absolute atomic E-state index is 16.0. The predicted molar refractivity (Wildman–Crippen MR) is 267 cm³/mol. The zero-order valence-corrected chi connectivity index (χ0v) is 39.4. The van der Waals surface area contributed by atoms with E-state index in [9.17, 15) is 0 Å². The molecule has 10 rings (SSSR count). The Balaban J connectivity index is 1.11. The van der Waals surface area contributed by atoms with Gasteiger partial charge >= 0.3 is 0 Å². The Labute approximate surface area is 404 Å². The summed E-state index contributed by atoms with van der Waals surface area (Å²) >= 11 is 13.2. The molecule has 68 heavy (non-hydrogen) atoms. The van der Waals surface area contributed by atoms with Crippen LogP contribution in [0.3, 0.4) is 0 Å². The number of likely N-dealkylation sites (tertiary alicyclic amines) is 1. The Morgan fingerprint density at radius 2 is 1.10 bits per heavy atom. The Morgan fingerprint density at radius 3 is 1.59 bits per heavy atom. The fraction of sp³-hybridized carbons (Fsp3) is 0.283. The largest absolute Gasteiger partial charge is 0.492 e. The lowest BCUT2D eigenvalue weighted by Crippen LogP contribution is -2.59. The van der Waals surface area contributed by atoms with E-state index in [1.165, 1.54) is 12.1 Å². The Bertz CT molecular complexity index is 3040. The number of piperidine rings is 2. The predicted octanol–water partition coefficient (Wildman–Crippen LogP) is 11.7. The van der Waals surface area contributed by atoms with Crippen LogP contribution in [-0.4, -0.2) is 80.9 Å². The summed E-state index contributed by atoms with van der Waals surface area (Å²) in [6.07, 6.45) is 6.91. The highest BCUT2D eigenvalue weighted by Crippen LogP contribution is 2.40. The first-order chi connectivity index (χ1) is 33.3. The van der Waals surface area contributed by atoms with Crippen LogP contribution in [0, 0.1) is 11.6 Å². The normalized spacial score (nSPS) is 15.0. The van der Waals surface area contributed by atoms with Gasteiger partial charge in [0.15, 0.2) is 0 Å². The highest BCUT2D eigenvalue weighted by Gasteiger charge is 2.38. The van der Waals surface area contributed by atoms with E-state index in [1.54, 1.807) is 60.7 Å². The van der Waals surface area contributed by atoms with Gasteiger partial charge in [-0.05, 0) is 143 Å². The molecule has 2 aliphatic rings. The average molecular weight is 955 g/mol. The van der Waals surface area contributed by atoms with Gasteiger partial charge in [-0.1, -0.05) is 47.5 Å². The Kier molecular flexibility index (Phi) is 13.4. The summed E-state index contributed by atoms with van der Waals surface area (Å²) in [5.74, 6) is 1.43. The van der Waals surface area contributed by atoms with Crippen LogP contribution >= 0.6 is 23.2 Å². The van der Waals surface area contributed by atoms with E-state index in [0.717, 1.165) is 61.8 Å². The van der Waals surface area contributed by atoms with Gasteiger partial charge in [-0.15, -0.1) is 0 Å². The number of fused-ring (bicyclic) bond motifs is 2. The summed E-state index contributed by atoms with van der Waals surface area (Å²) in [5, 5.41) is 10.0. The van der Waals surface area contributed by atoms with E-state index < -0.39 is 11.6 Å². The second-order valence-electron chi connectivity index (χ2n) is 17.1. The molecule has 2 fully saturated rings. The van der Waals surface area contributed by atoms with Gasteiger partial charge in [0.05, 0.1) is 47.7 Å². The number of nitrogens with zero attached hydrogens (tertiary/aromatic N) is 8. The molecule has 348 valence electrons. The van der Waals surface area contributed by atoms with Gasteiger partial charge in [0.25, 0.3) is 0 Å². The minimum atomic E-state index is -0.416. The van der Waals surface area contributed by atoms with Crippen molar-refractivity contribution < 1.29 is 18.3 Å². The molecule has 5 heterocycles. The second-order valence-corrected chi connectivity index (χ2v) is 18.0. The number of rotatable bonds is 14. The van der Waals surface area contributed by atoms with Crippen molar-refractivity contribution in [1.82, 2.24) is 34.7 Å². The number of aromatic nitrogens is 5. The zero-order valence-electron chi connectivity index (χ0n) is 37.9. The van der Waals surface area contributed by atoms with Crippen LogP contribution in [0.25, 0.3) is 50.0 Å². The summed E-state index contributed by atoms with van der Waals surface area (Å²) in [6, 6.07) is 32.0. The number of hydrogen-bond acceptors (Lipinski definition) is 10. The molecule has 15 heteroatoms. The lowest BCUT2D eigenvalue weighted by Gasteiger charge is -2.47. The van der Waals surface area contributed by atoms with Crippen molar-refractivity contribution in [2.24, 2.45) is 0 Å². The smallest absolute Gasteiger partial charge is 0.246 e. The molecule has 11 nitrogen and oxygen atoms in total. The van der Waals surface area contributed by atoms with Gasteiger partial charge in [-0.2, -0.15) is 0 Å². The first-order valence-electron chi connectivity index (χ1n) is 23.3. The number of hydrogen-bond donors (Lipinski definition) is 1. The topological polar surface area (TPSA) is 96.7 Å². The summed E-state index contributed by atoms with van der Waals surface area (Å²) in [5.41, 5.74) is 4.65. The van der Waals surface area contributed by atoms with E-state index in [2.05, 4.69) is 32.4 Å². The molecular formula is C53H51Cl2F2N9O2. The van der Waals surface area contributed by atoms with Crippen molar-refractivity contribution in [1.29, 1.82) is 0 Å². The van der Waals surface area contributed by atoms with Crippen LogP contribution in [-0.2, 0) is 6.54 Å². The third kappa shape index (κ3) is 9.28. The number of nitrogens with one attached hydrogen (secondary N) is 1. The van der Waals surface area contributed by atoms with Crippen LogP contribution in [0.2, 0.25) is 10.0 Å². The molecule has 0 saturated carbocycles. The summed E-state index contributed by atoms with van der Waals surface area (Å²) in [4.78, 5) is 23.6. The van der Waals surface area contributed by atoms with Gasteiger partial charge in [-0.3, -0.25) is 4.90 Å². The monoisotopic (exact) mass is 953 g/mol. The van der Waals surface area contributed by atoms with E-state index in [4.69, 9.17) is 52.6 Å². The molecule has 2 saturated heterocycles. The fourth-order valence-electron chi connectivity index (χ4n) is 9.60. The molecule has 2 aliphatic heterocycles. The molecule has 0 radical (unpaired) electrons. The molecule has 0 amide bonds. The van der Waals surface area contributed by atoms with Crippen molar-refractivity contribution in [2.45, 2.75) is 58.2 Å². The molecule has 0 spiro atoms. The molecule has 3 aromatic heterocycles. The maximum atomic E-state index is 16.0. The third-order valence-corrected chi connectivity index (χ3v) is 13.2. The lowest BCUT2D eigenvalue weighted by atomic mass is 10.0. The van der Waals surface area contributed by atoms with Gasteiger partial charge in [0.2, 0.25) is 11.9 Å². The minimum absolute atomic E-state index is 0.123. The van der Waals surface area contributed by atoms with Crippen molar-refractivity contribution in [3.63, 3.8) is 0 Å². The number of hydrazine groups is 1. The third-order valence-electron chi connectivity index (χ3n) is 12.7. The molecular weight excluding hydrogens is 904 g/mol. The van der Waals surface area contributed by atoms with Crippen molar-refractivity contribution in [3.05, 3.63) is 149 Å². The number of halogens is 4. The van der Waals surface area contributed by atoms with Crippen LogP contribution in [0.15, 0.2) is 122 Å².